The minimum Gasteiger partial charge on any atom is -0.499 e. The van der Waals surface area contributed by atoms with E-state index in [1.165, 1.54) is 6.08 Å². The molecule has 1 aromatic carbocycles. The summed E-state index contributed by atoms with van der Waals surface area (Å²) in [5, 5.41) is 8.15. The van der Waals surface area contributed by atoms with Crippen LogP contribution in [0.5, 0.6) is 5.88 Å². The minimum atomic E-state index is -0.627. The van der Waals surface area contributed by atoms with Crippen molar-refractivity contribution in [2.24, 2.45) is 0 Å². The van der Waals surface area contributed by atoms with E-state index in [0.717, 1.165) is 6.20 Å². The van der Waals surface area contributed by atoms with Gasteiger partial charge in [0.15, 0.2) is 11.6 Å². The van der Waals surface area contributed by atoms with E-state index in [1.54, 1.807) is 42.6 Å². The van der Waals surface area contributed by atoms with Crippen LogP contribution in [0.3, 0.4) is 0 Å². The third kappa shape index (κ3) is 6.60. The summed E-state index contributed by atoms with van der Waals surface area (Å²) in [6.07, 6.45) is 3.80. The highest BCUT2D eigenvalue weighted by Crippen LogP contribution is 2.23. The van der Waals surface area contributed by atoms with Crippen LogP contribution in [0.15, 0.2) is 61.4 Å². The Bertz CT molecular complexity index is 1090. The van der Waals surface area contributed by atoms with E-state index in [2.05, 4.69) is 37.5 Å². The molecule has 31 heavy (non-hydrogen) atoms. The molecule has 0 saturated carbocycles. The molecule has 0 atom stereocenters. The predicted molar refractivity (Wildman–Crippen MR) is 127 cm³/mol. The Kier molecular flexibility index (Phi) is 6.59. The number of hydrogen-bond acceptors (Lipinski definition) is 7. The van der Waals surface area contributed by atoms with E-state index in [0.29, 0.717) is 22.9 Å². The summed E-state index contributed by atoms with van der Waals surface area (Å²) in [6, 6.07) is 10.3. The van der Waals surface area contributed by atoms with Gasteiger partial charge in [0, 0.05) is 22.7 Å². The largest absolute Gasteiger partial charge is 0.499 e. The maximum absolute atomic E-state index is 14.2. The van der Waals surface area contributed by atoms with Crippen molar-refractivity contribution in [3.8, 4) is 5.88 Å². The van der Waals surface area contributed by atoms with Crippen LogP contribution in [0.2, 0.25) is 0 Å². The van der Waals surface area contributed by atoms with Crippen molar-refractivity contribution in [1.29, 1.82) is 0 Å². The van der Waals surface area contributed by atoms with Crippen LogP contribution in [0.4, 0.5) is 33.2 Å². The maximum Gasteiger partial charge on any atom is 0.247 e. The van der Waals surface area contributed by atoms with E-state index in [4.69, 9.17) is 4.74 Å². The van der Waals surface area contributed by atoms with Crippen LogP contribution < -0.4 is 20.7 Å². The summed E-state index contributed by atoms with van der Waals surface area (Å²) in [5.41, 5.74) is 1.69. The second-order valence-electron chi connectivity index (χ2n) is 7.51. The lowest BCUT2D eigenvalue weighted by atomic mass is 9.52. The smallest absolute Gasteiger partial charge is 0.247 e. The van der Waals surface area contributed by atoms with Crippen LogP contribution in [0, 0.1) is 5.82 Å². The number of anilines is 5. The molecule has 0 aliphatic carbocycles. The highest BCUT2D eigenvalue weighted by Gasteiger charge is 2.13. The molecule has 0 spiro atoms. The molecule has 0 aliphatic rings. The molecule has 3 N–H and O–H groups in total. The van der Waals surface area contributed by atoms with E-state index in [-0.39, 0.29) is 23.0 Å². The Balaban J connectivity index is 1.73. The average molecular weight is 416 g/mol. The van der Waals surface area contributed by atoms with Crippen molar-refractivity contribution in [3.63, 3.8) is 0 Å². The Hall–Kier alpha value is -3.82. The molecule has 0 bridgehead atoms. The Morgan fingerprint density at radius 3 is 2.52 bits per heavy atom. The molecule has 154 valence electrons. The van der Waals surface area contributed by atoms with Gasteiger partial charge in [0.2, 0.25) is 17.7 Å². The molecule has 2 aromatic heterocycles. The number of rotatable bonds is 8. The SMILES string of the molecule is BC(B)(B)Oc1ccc(Nc2ncc(F)c(Nc3cccc(NC(=O)C=C)c3)n2)cn1. The molecule has 0 saturated heterocycles. The molecular formula is C19H20B3FN6O2. The van der Waals surface area contributed by atoms with E-state index >= 15 is 0 Å². The number of nitrogens with zero attached hydrogens (tertiary/aromatic N) is 3. The van der Waals surface area contributed by atoms with Crippen molar-refractivity contribution >= 4 is 58.3 Å². The van der Waals surface area contributed by atoms with Gasteiger partial charge in [-0.25, -0.2) is 14.4 Å². The Morgan fingerprint density at radius 1 is 1.06 bits per heavy atom. The fourth-order valence-electron chi connectivity index (χ4n) is 2.48. The first-order valence-electron chi connectivity index (χ1n) is 9.47. The number of carbonyl (C=O) groups excluding carboxylic acids is 1. The number of pyridine rings is 1. The first-order valence-corrected chi connectivity index (χ1v) is 9.47. The van der Waals surface area contributed by atoms with Crippen molar-refractivity contribution < 1.29 is 13.9 Å². The van der Waals surface area contributed by atoms with Gasteiger partial charge in [-0.2, -0.15) is 4.98 Å². The van der Waals surface area contributed by atoms with Gasteiger partial charge in [-0.15, -0.1) is 0 Å². The monoisotopic (exact) mass is 416 g/mol. The second kappa shape index (κ2) is 9.33. The normalized spacial score (nSPS) is 10.7. The number of halogens is 1. The lowest BCUT2D eigenvalue weighted by Crippen LogP contribution is -2.37. The van der Waals surface area contributed by atoms with E-state index in [1.807, 2.05) is 23.5 Å². The summed E-state index contributed by atoms with van der Waals surface area (Å²) in [6.45, 7) is 3.41. The van der Waals surface area contributed by atoms with Crippen molar-refractivity contribution in [2.45, 2.75) is 5.30 Å². The third-order valence-electron chi connectivity index (χ3n) is 3.73. The Labute approximate surface area is 182 Å². The fraction of sp³-hybridized carbons (Fsp3) is 0.0526. The van der Waals surface area contributed by atoms with Crippen molar-refractivity contribution in [3.05, 3.63) is 67.3 Å². The van der Waals surface area contributed by atoms with E-state index < -0.39 is 5.82 Å². The third-order valence-corrected chi connectivity index (χ3v) is 3.73. The van der Waals surface area contributed by atoms with Crippen LogP contribution in [-0.4, -0.2) is 49.7 Å². The van der Waals surface area contributed by atoms with Gasteiger partial charge in [0.25, 0.3) is 0 Å². The number of carbonyl (C=O) groups is 1. The summed E-state index contributed by atoms with van der Waals surface area (Å²) < 4.78 is 19.9. The zero-order valence-corrected chi connectivity index (χ0v) is 17.4. The van der Waals surface area contributed by atoms with Gasteiger partial charge in [0.1, 0.15) is 23.5 Å². The second-order valence-corrected chi connectivity index (χ2v) is 7.51. The van der Waals surface area contributed by atoms with Crippen molar-refractivity contribution in [2.75, 3.05) is 16.0 Å². The quantitative estimate of drug-likeness (QED) is 0.364. The zero-order chi connectivity index (χ0) is 22.4. The van der Waals surface area contributed by atoms with Gasteiger partial charge >= 0.3 is 0 Å². The molecule has 1 amide bonds. The molecule has 0 aliphatic heterocycles. The Morgan fingerprint density at radius 2 is 1.84 bits per heavy atom. The van der Waals surface area contributed by atoms with Crippen LogP contribution in [-0.2, 0) is 4.79 Å². The maximum atomic E-state index is 14.2. The lowest BCUT2D eigenvalue weighted by Gasteiger charge is -2.20. The molecule has 2 heterocycles. The number of hydrogen-bond donors (Lipinski definition) is 3. The van der Waals surface area contributed by atoms with Crippen molar-refractivity contribution in [1.82, 2.24) is 15.0 Å². The van der Waals surface area contributed by atoms with Gasteiger partial charge in [0.05, 0.1) is 18.1 Å². The molecule has 0 fully saturated rings. The molecule has 0 radical (unpaired) electrons. The summed E-state index contributed by atoms with van der Waals surface area (Å²) in [5.74, 6) is -0.317. The first-order chi connectivity index (χ1) is 14.7. The molecule has 3 aromatic rings. The number of aromatic nitrogens is 3. The number of ether oxygens (including phenoxy) is 1. The highest BCUT2D eigenvalue weighted by atomic mass is 19.1. The summed E-state index contributed by atoms with van der Waals surface area (Å²) in [7, 11) is 5.81. The number of benzene rings is 1. The fourth-order valence-corrected chi connectivity index (χ4v) is 2.48. The predicted octanol–water partition coefficient (Wildman–Crippen LogP) is 0.512. The van der Waals surface area contributed by atoms with E-state index in [9.17, 15) is 9.18 Å². The van der Waals surface area contributed by atoms with Crippen LogP contribution in [0.25, 0.3) is 0 Å². The van der Waals surface area contributed by atoms with Gasteiger partial charge in [-0.1, -0.05) is 12.6 Å². The van der Waals surface area contributed by atoms with Crippen LogP contribution >= 0.6 is 0 Å². The molecular weight excluding hydrogens is 396 g/mol. The van der Waals surface area contributed by atoms with Gasteiger partial charge in [-0.3, -0.25) is 4.79 Å². The molecule has 0 unspecified atom stereocenters. The highest BCUT2D eigenvalue weighted by molar-refractivity contribution is 6.58. The first kappa shape index (κ1) is 21.9. The molecule has 3 rings (SSSR count). The zero-order valence-electron chi connectivity index (χ0n) is 17.4. The standard InChI is InChI=1S/C19H20B3FN6O2/c1-2-15(30)26-11-4-3-5-12(8-11)27-17-14(23)10-25-18(29-17)28-13-6-7-16(24-9-13)31-19(20,21)22/h2-10H,1,20-22H2,(H,26,30)(H2,25,27,28,29). The van der Waals surface area contributed by atoms with Gasteiger partial charge < -0.3 is 20.7 Å². The van der Waals surface area contributed by atoms with Gasteiger partial charge in [-0.05, 0) is 30.3 Å². The molecule has 12 heteroatoms. The topological polar surface area (TPSA) is 101 Å². The average Bonchev–Trinajstić information content (AvgIpc) is 2.71. The van der Waals surface area contributed by atoms with Crippen LogP contribution in [0.1, 0.15) is 0 Å². The minimum absolute atomic E-state index is 0.0228. The molecule has 8 nitrogen and oxygen atoms in total. The summed E-state index contributed by atoms with van der Waals surface area (Å²) in [4.78, 5) is 23.8. The number of amides is 1. The summed E-state index contributed by atoms with van der Waals surface area (Å²) >= 11 is 0. The lowest BCUT2D eigenvalue weighted by molar-refractivity contribution is -0.111. The number of nitrogens with one attached hydrogen (secondary N) is 3.